The molecule has 4 amide bonds. The number of urea groups is 1. The molecule has 1 aromatic heterocycles. The Morgan fingerprint density at radius 3 is 2.64 bits per heavy atom. The molecule has 1 aromatic carbocycles. The number of carbonyl (C=O) groups excluding carboxylic acids is 3. The van der Waals surface area contributed by atoms with Crippen LogP contribution in [0.2, 0.25) is 0 Å². The monoisotopic (exact) mass is 339 g/mol. The highest BCUT2D eigenvalue weighted by Crippen LogP contribution is 2.39. The maximum Gasteiger partial charge on any atom is 0.329 e. The van der Waals surface area contributed by atoms with Crippen molar-refractivity contribution in [3.63, 3.8) is 0 Å². The Morgan fingerprint density at radius 1 is 1.24 bits per heavy atom. The zero-order valence-corrected chi connectivity index (χ0v) is 13.4. The van der Waals surface area contributed by atoms with Crippen molar-refractivity contribution in [2.45, 2.75) is 25.2 Å². The fraction of sp³-hybridized carbons (Fsp3) is 0.294. The average Bonchev–Trinajstić information content (AvgIpc) is 3.25. The first-order valence-electron chi connectivity index (χ1n) is 8.15. The van der Waals surface area contributed by atoms with E-state index in [1.807, 2.05) is 6.07 Å². The number of rotatable bonds is 5. The lowest BCUT2D eigenvalue weighted by molar-refractivity contribution is -0.116. The summed E-state index contributed by atoms with van der Waals surface area (Å²) in [5.41, 5.74) is 2.34. The highest BCUT2D eigenvalue weighted by atomic mass is 16.2. The molecule has 25 heavy (non-hydrogen) atoms. The van der Waals surface area contributed by atoms with E-state index < -0.39 is 6.03 Å². The molecule has 0 atom stereocenters. The molecular weight excluding hydrogens is 322 g/mol. The summed E-state index contributed by atoms with van der Waals surface area (Å²) >= 11 is 0. The molecule has 2 aromatic rings. The lowest BCUT2D eigenvalue weighted by Crippen LogP contribution is -2.30. The van der Waals surface area contributed by atoms with Crippen LogP contribution in [0.15, 0.2) is 30.3 Å². The molecule has 1 aliphatic carbocycles. The van der Waals surface area contributed by atoms with Gasteiger partial charge >= 0.3 is 6.03 Å². The van der Waals surface area contributed by atoms with Gasteiger partial charge in [0.1, 0.15) is 0 Å². The summed E-state index contributed by atoms with van der Waals surface area (Å²) in [6.45, 7) is 0.00943. The Kier molecular flexibility index (Phi) is 3.72. The van der Waals surface area contributed by atoms with Crippen LogP contribution in [0, 0.1) is 0 Å². The molecule has 0 bridgehead atoms. The van der Waals surface area contributed by atoms with Crippen molar-refractivity contribution < 1.29 is 14.4 Å². The maximum atomic E-state index is 12.1. The van der Waals surface area contributed by atoms with Crippen LogP contribution in [-0.2, 0) is 16.0 Å². The van der Waals surface area contributed by atoms with E-state index in [2.05, 4.69) is 20.8 Å². The predicted octanol–water partition coefficient (Wildman–Crippen LogP) is 1.52. The molecule has 1 saturated heterocycles. The first-order valence-corrected chi connectivity index (χ1v) is 8.15. The van der Waals surface area contributed by atoms with Crippen LogP contribution < -0.4 is 15.5 Å². The Balaban J connectivity index is 1.37. The topological polar surface area (TPSA) is 107 Å². The minimum atomic E-state index is -0.430. The van der Waals surface area contributed by atoms with E-state index in [0.29, 0.717) is 17.4 Å². The smallest absolute Gasteiger partial charge is 0.328 e. The first-order chi connectivity index (χ1) is 12.1. The SMILES string of the molecule is O=C(Cc1ccc(N2C(=O)CNC2=O)cc1)Nc1cc(C2CC2)[nH]n1. The number of hydrogen-bond donors (Lipinski definition) is 3. The van der Waals surface area contributed by atoms with Gasteiger partial charge in [0, 0.05) is 17.7 Å². The second-order valence-corrected chi connectivity index (χ2v) is 6.26. The van der Waals surface area contributed by atoms with Crippen LogP contribution in [0.1, 0.15) is 30.0 Å². The van der Waals surface area contributed by atoms with Crippen LogP contribution in [0.3, 0.4) is 0 Å². The predicted molar refractivity (Wildman–Crippen MR) is 90.2 cm³/mol. The number of nitrogens with zero attached hydrogens (tertiary/aromatic N) is 2. The number of amides is 4. The number of nitrogens with one attached hydrogen (secondary N) is 3. The second-order valence-electron chi connectivity index (χ2n) is 6.26. The van der Waals surface area contributed by atoms with Gasteiger partial charge in [0.2, 0.25) is 5.91 Å². The summed E-state index contributed by atoms with van der Waals surface area (Å²) in [6, 6.07) is 8.22. The van der Waals surface area contributed by atoms with Gasteiger partial charge in [0.05, 0.1) is 18.7 Å². The lowest BCUT2D eigenvalue weighted by Gasteiger charge is -2.12. The number of hydrogen-bond acceptors (Lipinski definition) is 4. The second kappa shape index (κ2) is 6.04. The molecule has 1 saturated carbocycles. The number of aromatic nitrogens is 2. The summed E-state index contributed by atoms with van der Waals surface area (Å²) in [6.07, 6.45) is 2.52. The van der Waals surface area contributed by atoms with Gasteiger partial charge in [0.15, 0.2) is 5.82 Å². The minimum absolute atomic E-state index is 0.00943. The molecule has 0 radical (unpaired) electrons. The summed E-state index contributed by atoms with van der Waals surface area (Å²) in [5, 5.41) is 12.3. The fourth-order valence-electron chi connectivity index (χ4n) is 2.82. The zero-order valence-electron chi connectivity index (χ0n) is 13.4. The van der Waals surface area contributed by atoms with Crippen molar-refractivity contribution in [1.29, 1.82) is 0 Å². The van der Waals surface area contributed by atoms with Crippen molar-refractivity contribution >= 4 is 29.4 Å². The van der Waals surface area contributed by atoms with Gasteiger partial charge in [-0.25, -0.2) is 9.69 Å². The Morgan fingerprint density at radius 2 is 2.00 bits per heavy atom. The van der Waals surface area contributed by atoms with E-state index in [4.69, 9.17) is 0 Å². The third kappa shape index (κ3) is 3.23. The minimum Gasteiger partial charge on any atom is -0.328 e. The number of benzene rings is 1. The van der Waals surface area contributed by atoms with E-state index in [9.17, 15) is 14.4 Å². The maximum absolute atomic E-state index is 12.1. The summed E-state index contributed by atoms with van der Waals surface area (Å²) in [7, 11) is 0. The molecule has 1 aliphatic heterocycles. The van der Waals surface area contributed by atoms with Gasteiger partial charge in [-0.15, -0.1) is 0 Å². The standard InChI is InChI=1S/C17H17N5O3/c23-15(19-14-8-13(20-21-14)11-3-4-11)7-10-1-5-12(6-2-10)22-16(24)9-18-17(22)25/h1-2,5-6,8,11H,3-4,7,9H2,(H,18,25)(H2,19,20,21,23). The largest absolute Gasteiger partial charge is 0.329 e. The van der Waals surface area contributed by atoms with Crippen LogP contribution >= 0.6 is 0 Å². The van der Waals surface area contributed by atoms with Gasteiger partial charge in [-0.2, -0.15) is 5.10 Å². The molecular formula is C17H17N5O3. The van der Waals surface area contributed by atoms with Crippen molar-refractivity contribution in [2.75, 3.05) is 16.8 Å². The third-order valence-corrected chi connectivity index (χ3v) is 4.28. The molecule has 128 valence electrons. The highest BCUT2D eigenvalue weighted by molar-refractivity contribution is 6.19. The quantitative estimate of drug-likeness (QED) is 0.718. The van der Waals surface area contributed by atoms with Crippen molar-refractivity contribution in [1.82, 2.24) is 15.5 Å². The molecule has 2 heterocycles. The number of H-pyrrole nitrogens is 1. The molecule has 0 spiro atoms. The third-order valence-electron chi connectivity index (χ3n) is 4.28. The number of anilines is 2. The Hall–Kier alpha value is -3.16. The Bertz CT molecular complexity index is 822. The number of carbonyl (C=O) groups is 3. The zero-order chi connectivity index (χ0) is 17.4. The van der Waals surface area contributed by atoms with Gasteiger partial charge < -0.3 is 10.6 Å². The van der Waals surface area contributed by atoms with Gasteiger partial charge in [-0.1, -0.05) is 12.1 Å². The normalized spacial score (nSPS) is 16.9. The molecule has 8 nitrogen and oxygen atoms in total. The van der Waals surface area contributed by atoms with E-state index in [0.717, 1.165) is 16.2 Å². The van der Waals surface area contributed by atoms with Crippen LogP contribution in [-0.4, -0.2) is 34.6 Å². The summed E-state index contributed by atoms with van der Waals surface area (Å²) in [5.74, 6) is 0.621. The van der Waals surface area contributed by atoms with E-state index in [-0.39, 0.29) is 24.8 Å². The molecule has 2 fully saturated rings. The Labute approximate surface area is 143 Å². The van der Waals surface area contributed by atoms with E-state index in [1.165, 1.54) is 12.8 Å². The van der Waals surface area contributed by atoms with Crippen molar-refractivity contribution in [3.05, 3.63) is 41.6 Å². The number of aromatic amines is 1. The van der Waals surface area contributed by atoms with Crippen LogP contribution in [0.25, 0.3) is 0 Å². The van der Waals surface area contributed by atoms with E-state index >= 15 is 0 Å². The van der Waals surface area contributed by atoms with Crippen molar-refractivity contribution in [3.8, 4) is 0 Å². The van der Waals surface area contributed by atoms with Gasteiger partial charge in [-0.05, 0) is 30.5 Å². The average molecular weight is 339 g/mol. The van der Waals surface area contributed by atoms with Crippen molar-refractivity contribution in [2.24, 2.45) is 0 Å². The van der Waals surface area contributed by atoms with E-state index in [1.54, 1.807) is 24.3 Å². The fourth-order valence-corrected chi connectivity index (χ4v) is 2.82. The summed E-state index contributed by atoms with van der Waals surface area (Å²) in [4.78, 5) is 36.5. The lowest BCUT2D eigenvalue weighted by atomic mass is 10.1. The van der Waals surface area contributed by atoms with Crippen LogP contribution in [0.4, 0.5) is 16.3 Å². The molecule has 4 rings (SSSR count). The molecule has 3 N–H and O–H groups in total. The highest BCUT2D eigenvalue weighted by Gasteiger charge is 2.29. The molecule has 0 unspecified atom stereocenters. The van der Waals surface area contributed by atoms with Gasteiger partial charge in [-0.3, -0.25) is 14.7 Å². The van der Waals surface area contributed by atoms with Crippen LogP contribution in [0.5, 0.6) is 0 Å². The number of imide groups is 1. The summed E-state index contributed by atoms with van der Waals surface area (Å²) < 4.78 is 0. The van der Waals surface area contributed by atoms with Gasteiger partial charge in [0.25, 0.3) is 5.91 Å². The first kappa shape index (κ1) is 15.4. The molecule has 2 aliphatic rings. The molecule has 8 heteroatoms.